The van der Waals surface area contributed by atoms with Crippen molar-refractivity contribution in [1.29, 1.82) is 0 Å². The summed E-state index contributed by atoms with van der Waals surface area (Å²) in [7, 11) is 0. The molecule has 0 aromatic heterocycles. The highest BCUT2D eigenvalue weighted by Crippen LogP contribution is 2.55. The molecule has 0 radical (unpaired) electrons. The van der Waals surface area contributed by atoms with Gasteiger partial charge in [0, 0.05) is 16.5 Å². The van der Waals surface area contributed by atoms with Crippen LogP contribution in [0.25, 0.3) is 0 Å². The van der Waals surface area contributed by atoms with E-state index in [2.05, 4.69) is 20.9 Å². The van der Waals surface area contributed by atoms with E-state index in [0.29, 0.717) is 15.8 Å². The number of aliphatic imine (C=N–C) groups is 1. The fourth-order valence-corrected chi connectivity index (χ4v) is 3.75. The maximum atomic E-state index is 15.1. The van der Waals surface area contributed by atoms with Crippen LogP contribution in [0.5, 0.6) is 5.75 Å². The predicted octanol–water partition coefficient (Wildman–Crippen LogP) is 4.15. The number of halogens is 3. The molecule has 2 aliphatic heterocycles. The molecule has 1 unspecified atom stereocenters. The lowest BCUT2D eigenvalue weighted by molar-refractivity contribution is -0.139. The molecule has 25 heavy (non-hydrogen) atoms. The number of benzene rings is 2. The first kappa shape index (κ1) is 16.3. The summed E-state index contributed by atoms with van der Waals surface area (Å²) in [5.74, 6) is -2.84. The number of hydrogen-bond donors (Lipinski definition) is 1. The summed E-state index contributed by atoms with van der Waals surface area (Å²) < 4.78 is 41.6. The molecular formula is C18H15BrF2N2O2. The van der Waals surface area contributed by atoms with Crippen molar-refractivity contribution in [1.82, 2.24) is 0 Å². The lowest BCUT2D eigenvalue weighted by Gasteiger charge is -2.45. The first-order chi connectivity index (χ1) is 11.9. The second-order valence-corrected chi connectivity index (χ2v) is 7.08. The van der Waals surface area contributed by atoms with Crippen molar-refractivity contribution in [3.8, 4) is 5.75 Å². The van der Waals surface area contributed by atoms with E-state index in [1.54, 1.807) is 18.2 Å². The summed E-state index contributed by atoms with van der Waals surface area (Å²) in [5.41, 5.74) is 4.98. The van der Waals surface area contributed by atoms with Gasteiger partial charge in [0.15, 0.2) is 12.1 Å². The topological polar surface area (TPSA) is 56.8 Å². The molecule has 2 aliphatic rings. The van der Waals surface area contributed by atoms with Gasteiger partial charge in [-0.25, -0.2) is 4.99 Å². The summed E-state index contributed by atoms with van der Waals surface area (Å²) in [5, 5.41) is 0. The van der Waals surface area contributed by atoms with E-state index in [1.807, 2.05) is 30.3 Å². The standard InChI is InChI=1S/C18H15BrF2N2O2/c19-12-6-7-14-13(8-12)17(18(20,21)10-24-16(22)23-17)9-15(25-14)11-4-2-1-3-5-11/h1-8,15H,9-10H2,(H2,22,23)/t15?,17-/m1/s1. The molecule has 4 rings (SSSR count). The molecule has 0 bridgehead atoms. The second kappa shape index (κ2) is 5.69. The molecule has 2 heterocycles. The zero-order valence-electron chi connectivity index (χ0n) is 13.1. The summed E-state index contributed by atoms with van der Waals surface area (Å²) in [4.78, 5) is 4.11. The smallest absolute Gasteiger partial charge is 0.310 e. The number of amidine groups is 1. The van der Waals surface area contributed by atoms with Crippen molar-refractivity contribution in [2.24, 2.45) is 10.7 Å². The molecule has 0 saturated heterocycles. The van der Waals surface area contributed by atoms with E-state index < -0.39 is 24.2 Å². The van der Waals surface area contributed by atoms with Gasteiger partial charge < -0.3 is 15.2 Å². The van der Waals surface area contributed by atoms with Crippen LogP contribution in [-0.2, 0) is 10.3 Å². The van der Waals surface area contributed by atoms with Gasteiger partial charge in [-0.15, -0.1) is 0 Å². The Kier molecular flexibility index (Phi) is 3.72. The highest BCUT2D eigenvalue weighted by Gasteiger charge is 2.62. The molecule has 0 aliphatic carbocycles. The van der Waals surface area contributed by atoms with Crippen molar-refractivity contribution in [3.63, 3.8) is 0 Å². The van der Waals surface area contributed by atoms with Gasteiger partial charge >= 0.3 is 5.92 Å². The van der Waals surface area contributed by atoms with Gasteiger partial charge in [0.05, 0.1) is 0 Å². The third-order valence-corrected chi connectivity index (χ3v) is 5.11. The van der Waals surface area contributed by atoms with Crippen molar-refractivity contribution in [2.45, 2.75) is 24.0 Å². The van der Waals surface area contributed by atoms with E-state index >= 15 is 8.78 Å². The Morgan fingerprint density at radius 3 is 2.68 bits per heavy atom. The van der Waals surface area contributed by atoms with Crippen LogP contribution in [0.2, 0.25) is 0 Å². The van der Waals surface area contributed by atoms with E-state index in [1.165, 1.54) is 0 Å². The van der Waals surface area contributed by atoms with E-state index in [9.17, 15) is 0 Å². The molecular weight excluding hydrogens is 394 g/mol. The monoisotopic (exact) mass is 408 g/mol. The third kappa shape index (κ3) is 2.57. The first-order valence-corrected chi connectivity index (χ1v) is 8.58. The molecule has 1 spiro atoms. The van der Waals surface area contributed by atoms with Crippen LogP contribution in [0.15, 0.2) is 58.0 Å². The molecule has 4 nitrogen and oxygen atoms in total. The summed E-state index contributed by atoms with van der Waals surface area (Å²) in [6.07, 6.45) is -0.590. The van der Waals surface area contributed by atoms with Gasteiger partial charge in [0.1, 0.15) is 11.9 Å². The van der Waals surface area contributed by atoms with Gasteiger partial charge in [-0.1, -0.05) is 46.3 Å². The zero-order chi connectivity index (χ0) is 17.7. The van der Waals surface area contributed by atoms with Gasteiger partial charge in [0.2, 0.25) is 0 Å². The Labute approximate surface area is 151 Å². The maximum Gasteiger partial charge on any atom is 0.310 e. The Bertz CT molecular complexity index is 844. The van der Waals surface area contributed by atoms with Crippen LogP contribution >= 0.6 is 15.9 Å². The lowest BCUT2D eigenvalue weighted by atomic mass is 9.76. The summed E-state index contributed by atoms with van der Waals surface area (Å²) >= 11 is 3.34. The van der Waals surface area contributed by atoms with E-state index in [4.69, 9.17) is 15.2 Å². The molecule has 2 atom stereocenters. The summed E-state index contributed by atoms with van der Waals surface area (Å²) in [6.45, 7) is -0.810. The molecule has 0 fully saturated rings. The van der Waals surface area contributed by atoms with Crippen molar-refractivity contribution < 1.29 is 18.3 Å². The number of rotatable bonds is 1. The second-order valence-electron chi connectivity index (χ2n) is 6.17. The van der Waals surface area contributed by atoms with Crippen LogP contribution < -0.4 is 10.5 Å². The van der Waals surface area contributed by atoms with E-state index in [0.717, 1.165) is 5.56 Å². The van der Waals surface area contributed by atoms with Crippen LogP contribution in [0.4, 0.5) is 8.78 Å². The Morgan fingerprint density at radius 1 is 1.16 bits per heavy atom. The lowest BCUT2D eigenvalue weighted by Crippen LogP contribution is -2.55. The van der Waals surface area contributed by atoms with Crippen LogP contribution in [-0.4, -0.2) is 18.6 Å². The summed E-state index contributed by atoms with van der Waals surface area (Å²) in [6, 6.07) is 14.1. The largest absolute Gasteiger partial charge is 0.485 e. The number of nitrogens with zero attached hydrogens (tertiary/aromatic N) is 1. The van der Waals surface area contributed by atoms with Gasteiger partial charge in [0.25, 0.3) is 6.02 Å². The average molecular weight is 409 g/mol. The Morgan fingerprint density at radius 2 is 1.92 bits per heavy atom. The molecule has 7 heteroatoms. The van der Waals surface area contributed by atoms with Crippen molar-refractivity contribution in [3.05, 3.63) is 64.1 Å². The number of nitrogens with two attached hydrogens (primary N) is 1. The molecule has 2 aromatic rings. The minimum Gasteiger partial charge on any atom is -0.485 e. The van der Waals surface area contributed by atoms with E-state index in [-0.39, 0.29) is 12.4 Å². The number of ether oxygens (including phenoxy) is 2. The zero-order valence-corrected chi connectivity index (χ0v) is 14.7. The highest BCUT2D eigenvalue weighted by atomic mass is 79.9. The average Bonchev–Trinajstić information content (AvgIpc) is 2.60. The minimum atomic E-state index is -3.22. The molecule has 130 valence electrons. The van der Waals surface area contributed by atoms with Crippen molar-refractivity contribution in [2.75, 3.05) is 6.61 Å². The van der Waals surface area contributed by atoms with Gasteiger partial charge in [-0.05, 0) is 23.8 Å². The normalized spacial score (nSPS) is 27.0. The van der Waals surface area contributed by atoms with Crippen molar-refractivity contribution >= 4 is 22.0 Å². The van der Waals surface area contributed by atoms with Gasteiger partial charge in [-0.3, -0.25) is 0 Å². The highest BCUT2D eigenvalue weighted by molar-refractivity contribution is 9.10. The van der Waals surface area contributed by atoms with Crippen LogP contribution in [0.3, 0.4) is 0 Å². The Hall–Kier alpha value is -2.15. The fourth-order valence-electron chi connectivity index (χ4n) is 3.39. The minimum absolute atomic E-state index is 0.0302. The number of fused-ring (bicyclic) bond motifs is 2. The third-order valence-electron chi connectivity index (χ3n) is 4.62. The van der Waals surface area contributed by atoms with Crippen LogP contribution in [0.1, 0.15) is 23.7 Å². The molecule has 2 N–H and O–H groups in total. The number of alkyl halides is 2. The van der Waals surface area contributed by atoms with Crippen LogP contribution in [0, 0.1) is 0 Å². The van der Waals surface area contributed by atoms with Gasteiger partial charge in [-0.2, -0.15) is 8.78 Å². The first-order valence-electron chi connectivity index (χ1n) is 7.79. The predicted molar refractivity (Wildman–Crippen MR) is 92.8 cm³/mol. The molecule has 2 aromatic carbocycles. The quantitative estimate of drug-likeness (QED) is 0.770. The Balaban J connectivity index is 1.93. The maximum absolute atomic E-state index is 15.1. The molecule has 0 saturated carbocycles. The molecule has 0 amide bonds. The number of hydrogen-bond acceptors (Lipinski definition) is 4. The SMILES string of the molecule is NC1=N[C@@]2(CC(c3ccccc3)Oc3ccc(Br)cc32)C(F)(F)CO1. The fraction of sp³-hybridized carbons (Fsp3) is 0.278.